The first kappa shape index (κ1) is 45.6. The number of halogens is 9. The molecule has 0 aliphatic rings. The molecule has 0 spiro atoms. The second-order valence-electron chi connectivity index (χ2n) is 9.87. The Bertz CT molecular complexity index is 1290. The normalized spacial score (nSPS) is 13.7. The number of benzene rings is 1. The standard InChI is InChI=1S/C26H33Cl9N2O10S/c1-4-18(12-43-23(40)46-16-26(33,34)35)36(21(38)44-14-24(27,28)29)10-11-37(22(39)45-15-25(30,31)32)19(5-2)13-47-48(41,42)20-8-6-17(3)7-9-20/h6-9,18-19H,4-5,10-16H2,1-3H3/t18-,19-/m0/s1. The van der Waals surface area contributed by atoms with E-state index in [4.69, 9.17) is 128 Å². The molecule has 0 aromatic heterocycles. The van der Waals surface area contributed by atoms with Crippen molar-refractivity contribution in [1.82, 2.24) is 9.80 Å². The number of aryl methyl sites for hydroxylation is 1. The molecule has 1 aromatic carbocycles. The quantitative estimate of drug-likeness (QED) is 0.0689. The van der Waals surface area contributed by atoms with E-state index < -0.39 is 85.0 Å². The third-order valence-electron chi connectivity index (χ3n) is 6.07. The summed E-state index contributed by atoms with van der Waals surface area (Å²) in [5.74, 6) is 0. The number of alkyl halides is 9. The van der Waals surface area contributed by atoms with Gasteiger partial charge < -0.3 is 28.7 Å². The monoisotopic (exact) mass is 880 g/mol. The molecule has 22 heteroatoms. The number of amides is 2. The van der Waals surface area contributed by atoms with E-state index in [0.717, 1.165) is 15.4 Å². The molecule has 48 heavy (non-hydrogen) atoms. The first-order valence-corrected chi connectivity index (χ1v) is 18.6. The highest BCUT2D eigenvalue weighted by Gasteiger charge is 2.34. The first-order chi connectivity index (χ1) is 22.0. The zero-order valence-corrected chi connectivity index (χ0v) is 33.2. The van der Waals surface area contributed by atoms with Gasteiger partial charge in [0.15, 0.2) is 0 Å². The van der Waals surface area contributed by atoms with Crippen molar-refractivity contribution in [2.24, 2.45) is 0 Å². The maximum Gasteiger partial charge on any atom is 0.508 e. The van der Waals surface area contributed by atoms with Crippen LogP contribution in [0.5, 0.6) is 0 Å². The maximum atomic E-state index is 13.3. The lowest BCUT2D eigenvalue weighted by Gasteiger charge is -2.35. The van der Waals surface area contributed by atoms with Crippen LogP contribution in [-0.2, 0) is 33.2 Å². The van der Waals surface area contributed by atoms with Gasteiger partial charge in [-0.2, -0.15) is 8.42 Å². The van der Waals surface area contributed by atoms with Gasteiger partial charge in [-0.1, -0.05) is 136 Å². The summed E-state index contributed by atoms with van der Waals surface area (Å²) in [5, 5.41) is 0. The van der Waals surface area contributed by atoms with Gasteiger partial charge in [-0.05, 0) is 31.9 Å². The van der Waals surface area contributed by atoms with Crippen LogP contribution in [0, 0.1) is 6.92 Å². The van der Waals surface area contributed by atoms with Gasteiger partial charge in [0.05, 0.1) is 23.6 Å². The number of nitrogens with zero attached hydrogens (tertiary/aromatic N) is 2. The molecule has 276 valence electrons. The minimum Gasteiger partial charge on any atom is -0.445 e. The van der Waals surface area contributed by atoms with Crippen molar-refractivity contribution >= 4 is 133 Å². The van der Waals surface area contributed by atoms with E-state index in [0.29, 0.717) is 0 Å². The van der Waals surface area contributed by atoms with Crippen LogP contribution >= 0.6 is 104 Å². The summed E-state index contributed by atoms with van der Waals surface area (Å²) < 4.78 is 45.4. The molecule has 1 aromatic rings. The van der Waals surface area contributed by atoms with Crippen LogP contribution in [0.25, 0.3) is 0 Å². The Morgan fingerprint density at radius 2 is 1.06 bits per heavy atom. The van der Waals surface area contributed by atoms with Crippen molar-refractivity contribution in [1.29, 1.82) is 0 Å². The number of hydrogen-bond donors (Lipinski definition) is 0. The van der Waals surface area contributed by atoms with E-state index in [9.17, 15) is 22.8 Å². The fourth-order valence-corrected chi connectivity index (χ4v) is 5.09. The Morgan fingerprint density at radius 1 is 0.667 bits per heavy atom. The largest absolute Gasteiger partial charge is 0.508 e. The first-order valence-electron chi connectivity index (χ1n) is 13.8. The topological polar surface area (TPSA) is 138 Å². The molecule has 0 heterocycles. The Hall–Kier alpha value is -0.450. The van der Waals surface area contributed by atoms with Gasteiger partial charge in [0.25, 0.3) is 10.1 Å². The van der Waals surface area contributed by atoms with Gasteiger partial charge in [-0.15, -0.1) is 0 Å². The molecule has 2 atom stereocenters. The number of carbonyl (C=O) groups excluding carboxylic acids is 3. The summed E-state index contributed by atoms with van der Waals surface area (Å²) in [6, 6.07) is 4.10. The van der Waals surface area contributed by atoms with E-state index in [1.807, 2.05) is 0 Å². The van der Waals surface area contributed by atoms with Crippen LogP contribution in [0.4, 0.5) is 14.4 Å². The van der Waals surface area contributed by atoms with Crippen LogP contribution in [-0.4, -0.2) is 106 Å². The lowest BCUT2D eigenvalue weighted by molar-refractivity contribution is 0.0209. The van der Waals surface area contributed by atoms with Crippen molar-refractivity contribution in [3.63, 3.8) is 0 Å². The summed E-state index contributed by atoms with van der Waals surface area (Å²) in [6.45, 7) is 1.57. The zero-order valence-electron chi connectivity index (χ0n) is 25.6. The molecule has 0 aliphatic carbocycles. The predicted octanol–water partition coefficient (Wildman–Crippen LogP) is 8.40. The van der Waals surface area contributed by atoms with Gasteiger partial charge in [0, 0.05) is 13.1 Å². The van der Waals surface area contributed by atoms with E-state index in [2.05, 4.69) is 0 Å². The molecular formula is C26H33Cl9N2O10S. The molecule has 0 fully saturated rings. The Labute approximate surface area is 324 Å². The second kappa shape index (κ2) is 20.6. The zero-order chi connectivity index (χ0) is 36.9. The highest BCUT2D eigenvalue weighted by Crippen LogP contribution is 2.28. The molecule has 0 radical (unpaired) electrons. The van der Waals surface area contributed by atoms with Crippen LogP contribution < -0.4 is 0 Å². The number of rotatable bonds is 16. The van der Waals surface area contributed by atoms with E-state index in [1.165, 1.54) is 12.1 Å². The summed E-state index contributed by atoms with van der Waals surface area (Å²) >= 11 is 51.3. The van der Waals surface area contributed by atoms with Crippen molar-refractivity contribution in [2.45, 2.75) is 62.0 Å². The SMILES string of the molecule is CC[C@@H](COC(=O)OCC(Cl)(Cl)Cl)N(CCN(C(=O)OCC(Cl)(Cl)Cl)[C@@H](CC)COS(=O)(=O)c1ccc(C)cc1)C(=O)OCC(Cl)(Cl)Cl. The maximum absolute atomic E-state index is 13.3. The van der Waals surface area contributed by atoms with E-state index >= 15 is 0 Å². The van der Waals surface area contributed by atoms with Gasteiger partial charge in [-0.25, -0.2) is 14.4 Å². The molecule has 2 amide bonds. The van der Waals surface area contributed by atoms with Crippen LogP contribution in [0.15, 0.2) is 29.2 Å². The van der Waals surface area contributed by atoms with Gasteiger partial charge in [0.1, 0.15) is 26.4 Å². The lowest BCUT2D eigenvalue weighted by Crippen LogP contribution is -2.51. The minimum absolute atomic E-state index is 0.102. The highest BCUT2D eigenvalue weighted by molar-refractivity contribution is 7.86. The average Bonchev–Trinajstić information content (AvgIpc) is 2.97. The molecule has 0 saturated carbocycles. The van der Waals surface area contributed by atoms with Crippen LogP contribution in [0.2, 0.25) is 0 Å². The Kier molecular flexibility index (Phi) is 19.5. The van der Waals surface area contributed by atoms with Crippen LogP contribution in [0.3, 0.4) is 0 Å². The number of hydrogen-bond acceptors (Lipinski definition) is 10. The van der Waals surface area contributed by atoms with Gasteiger partial charge in [0.2, 0.25) is 11.4 Å². The predicted molar refractivity (Wildman–Crippen MR) is 187 cm³/mol. The molecule has 0 saturated heterocycles. The van der Waals surface area contributed by atoms with Crippen LogP contribution in [0.1, 0.15) is 32.3 Å². The Balaban J connectivity index is 3.30. The summed E-state index contributed by atoms with van der Waals surface area (Å²) in [6.07, 6.45) is -2.93. The minimum atomic E-state index is -4.24. The fraction of sp³-hybridized carbons (Fsp3) is 0.654. The lowest BCUT2D eigenvalue weighted by atomic mass is 10.2. The van der Waals surface area contributed by atoms with Crippen molar-refractivity contribution in [3.05, 3.63) is 29.8 Å². The molecule has 0 aliphatic heterocycles. The molecule has 1 rings (SSSR count). The summed E-state index contributed by atoms with van der Waals surface area (Å²) in [4.78, 5) is 40.7. The summed E-state index contributed by atoms with van der Waals surface area (Å²) in [5.41, 5.74) is 0.829. The van der Waals surface area contributed by atoms with Crippen molar-refractivity contribution in [3.8, 4) is 0 Å². The second-order valence-corrected chi connectivity index (χ2v) is 19.0. The van der Waals surface area contributed by atoms with Gasteiger partial charge in [-0.3, -0.25) is 4.18 Å². The van der Waals surface area contributed by atoms with Crippen molar-refractivity contribution in [2.75, 3.05) is 46.1 Å². The van der Waals surface area contributed by atoms with Gasteiger partial charge >= 0.3 is 18.3 Å². The highest BCUT2D eigenvalue weighted by atomic mass is 35.6. The number of carbonyl (C=O) groups is 3. The molecular weight excluding hydrogens is 851 g/mol. The van der Waals surface area contributed by atoms with E-state index in [-0.39, 0.29) is 30.8 Å². The van der Waals surface area contributed by atoms with E-state index in [1.54, 1.807) is 32.9 Å². The van der Waals surface area contributed by atoms with Crippen molar-refractivity contribution < 1.29 is 45.9 Å². The molecule has 0 unspecified atom stereocenters. The third kappa shape index (κ3) is 18.7. The summed E-state index contributed by atoms with van der Waals surface area (Å²) in [7, 11) is -4.24. The average molecular weight is 885 g/mol. The smallest absolute Gasteiger partial charge is 0.445 e. The Morgan fingerprint density at radius 3 is 1.46 bits per heavy atom. The molecule has 0 N–H and O–H groups in total. The molecule has 12 nitrogen and oxygen atoms in total. The fourth-order valence-electron chi connectivity index (χ4n) is 3.66. The molecule has 0 bridgehead atoms. The third-order valence-corrected chi connectivity index (χ3v) is 8.34. The number of ether oxygens (including phenoxy) is 4.